The Morgan fingerprint density at radius 3 is 2.52 bits per heavy atom. The van der Waals surface area contributed by atoms with Crippen LogP contribution in [0.4, 0.5) is 0 Å². The van der Waals surface area contributed by atoms with Crippen LogP contribution in [0.5, 0.6) is 5.75 Å². The molecule has 0 amide bonds. The Kier molecular flexibility index (Phi) is 6.02. The number of piperidine rings is 1. The maximum atomic E-state index is 10.7. The molecule has 0 bridgehead atoms. The van der Waals surface area contributed by atoms with Crippen LogP contribution in [0.25, 0.3) is 0 Å². The lowest BCUT2D eigenvalue weighted by Crippen LogP contribution is -2.39. The number of carbonyl (C=O) groups is 1. The molecule has 1 N–H and O–H groups in total. The summed E-state index contributed by atoms with van der Waals surface area (Å²) in [7, 11) is 0. The van der Waals surface area contributed by atoms with Crippen molar-refractivity contribution in [1.29, 1.82) is 0 Å². The maximum Gasteiger partial charge on any atom is 0.335 e. The SMILES string of the molecule is CCOC1CCN(CCOc2ccc(C(=O)O)cc2)CC1. The molecular formula is C16H23NO4. The van der Waals surface area contributed by atoms with Gasteiger partial charge in [0.15, 0.2) is 0 Å². The number of carboxylic acid groups (broad SMARTS) is 1. The topological polar surface area (TPSA) is 59.0 Å². The molecule has 5 heteroatoms. The lowest BCUT2D eigenvalue weighted by Gasteiger charge is -2.31. The van der Waals surface area contributed by atoms with Crippen molar-refractivity contribution >= 4 is 5.97 Å². The minimum absolute atomic E-state index is 0.278. The van der Waals surface area contributed by atoms with Gasteiger partial charge in [-0.15, -0.1) is 0 Å². The highest BCUT2D eigenvalue weighted by atomic mass is 16.5. The summed E-state index contributed by atoms with van der Waals surface area (Å²) in [6.07, 6.45) is 2.58. The normalized spacial score (nSPS) is 16.8. The third-order valence-corrected chi connectivity index (χ3v) is 3.71. The number of ether oxygens (including phenoxy) is 2. The molecule has 0 radical (unpaired) electrons. The second-order valence-electron chi connectivity index (χ2n) is 5.17. The number of hydrogen-bond donors (Lipinski definition) is 1. The van der Waals surface area contributed by atoms with E-state index in [1.165, 1.54) is 0 Å². The summed E-state index contributed by atoms with van der Waals surface area (Å²) in [5.41, 5.74) is 0.278. The highest BCUT2D eigenvalue weighted by Crippen LogP contribution is 2.15. The first-order chi connectivity index (χ1) is 10.2. The molecule has 21 heavy (non-hydrogen) atoms. The van der Waals surface area contributed by atoms with Gasteiger partial charge in [-0.05, 0) is 44.0 Å². The van der Waals surface area contributed by atoms with Crippen LogP contribution in [0, 0.1) is 0 Å². The van der Waals surface area contributed by atoms with Gasteiger partial charge >= 0.3 is 5.97 Å². The van der Waals surface area contributed by atoms with Crippen molar-refractivity contribution in [1.82, 2.24) is 4.90 Å². The van der Waals surface area contributed by atoms with Crippen LogP contribution >= 0.6 is 0 Å². The van der Waals surface area contributed by atoms with E-state index in [2.05, 4.69) is 4.90 Å². The Morgan fingerprint density at radius 1 is 1.29 bits per heavy atom. The van der Waals surface area contributed by atoms with Gasteiger partial charge in [0.05, 0.1) is 11.7 Å². The van der Waals surface area contributed by atoms with Gasteiger partial charge in [0.25, 0.3) is 0 Å². The highest BCUT2D eigenvalue weighted by Gasteiger charge is 2.18. The van der Waals surface area contributed by atoms with Gasteiger partial charge in [0.1, 0.15) is 12.4 Å². The van der Waals surface area contributed by atoms with Crippen molar-refractivity contribution in [3.05, 3.63) is 29.8 Å². The van der Waals surface area contributed by atoms with E-state index in [9.17, 15) is 4.79 Å². The van der Waals surface area contributed by atoms with Crippen LogP contribution in [0.2, 0.25) is 0 Å². The quantitative estimate of drug-likeness (QED) is 0.835. The van der Waals surface area contributed by atoms with Gasteiger partial charge in [-0.3, -0.25) is 4.90 Å². The third-order valence-electron chi connectivity index (χ3n) is 3.71. The molecule has 0 spiro atoms. The number of carboxylic acids is 1. The zero-order chi connectivity index (χ0) is 15.1. The molecule has 0 aliphatic carbocycles. The minimum Gasteiger partial charge on any atom is -0.492 e. The van der Waals surface area contributed by atoms with Crippen LogP contribution in [0.1, 0.15) is 30.1 Å². The fourth-order valence-electron chi connectivity index (χ4n) is 2.52. The Morgan fingerprint density at radius 2 is 1.95 bits per heavy atom. The third kappa shape index (κ3) is 5.02. The first-order valence-corrected chi connectivity index (χ1v) is 7.49. The van der Waals surface area contributed by atoms with Crippen molar-refractivity contribution in [2.75, 3.05) is 32.8 Å². The molecule has 1 aromatic rings. The van der Waals surface area contributed by atoms with E-state index in [0.717, 1.165) is 39.1 Å². The molecule has 1 fully saturated rings. The van der Waals surface area contributed by atoms with Crippen LogP contribution in [-0.2, 0) is 4.74 Å². The minimum atomic E-state index is -0.918. The van der Waals surface area contributed by atoms with E-state index in [4.69, 9.17) is 14.6 Å². The smallest absolute Gasteiger partial charge is 0.335 e. The molecule has 5 nitrogen and oxygen atoms in total. The number of hydrogen-bond acceptors (Lipinski definition) is 4. The Bertz CT molecular complexity index is 438. The molecule has 0 atom stereocenters. The average molecular weight is 293 g/mol. The standard InChI is InChI=1S/C16H23NO4/c1-2-20-15-7-9-17(10-8-15)11-12-21-14-5-3-13(4-6-14)16(18)19/h3-6,15H,2,7-12H2,1H3,(H,18,19). The summed E-state index contributed by atoms with van der Waals surface area (Å²) in [5, 5.41) is 8.82. The largest absolute Gasteiger partial charge is 0.492 e. The predicted molar refractivity (Wildman–Crippen MR) is 80.0 cm³/mol. The predicted octanol–water partition coefficient (Wildman–Crippen LogP) is 2.26. The van der Waals surface area contributed by atoms with Gasteiger partial charge in [-0.1, -0.05) is 0 Å². The molecule has 1 aromatic carbocycles. The molecular weight excluding hydrogens is 270 g/mol. The monoisotopic (exact) mass is 293 g/mol. The number of aromatic carboxylic acids is 1. The van der Waals surface area contributed by atoms with E-state index in [0.29, 0.717) is 18.5 Å². The average Bonchev–Trinajstić information content (AvgIpc) is 2.50. The fourth-order valence-corrected chi connectivity index (χ4v) is 2.52. The van der Waals surface area contributed by atoms with Crippen LogP contribution in [0.3, 0.4) is 0 Å². The Labute approximate surface area is 125 Å². The molecule has 0 saturated carbocycles. The molecule has 2 rings (SSSR count). The van der Waals surface area contributed by atoms with E-state index in [1.54, 1.807) is 24.3 Å². The summed E-state index contributed by atoms with van der Waals surface area (Å²) in [4.78, 5) is 13.1. The van der Waals surface area contributed by atoms with Crippen LogP contribution in [-0.4, -0.2) is 54.9 Å². The first kappa shape index (κ1) is 15.8. The van der Waals surface area contributed by atoms with E-state index < -0.39 is 5.97 Å². The summed E-state index contributed by atoms with van der Waals surface area (Å²) in [6.45, 7) is 6.43. The van der Waals surface area contributed by atoms with Crippen molar-refractivity contribution in [2.45, 2.75) is 25.9 Å². The molecule has 1 aliphatic heterocycles. The van der Waals surface area contributed by atoms with E-state index in [1.807, 2.05) is 6.92 Å². The van der Waals surface area contributed by atoms with Gasteiger partial charge in [0.2, 0.25) is 0 Å². The summed E-state index contributed by atoms with van der Waals surface area (Å²) < 4.78 is 11.3. The van der Waals surface area contributed by atoms with Crippen molar-refractivity contribution in [3.63, 3.8) is 0 Å². The summed E-state index contributed by atoms with van der Waals surface area (Å²) in [6, 6.07) is 6.52. The first-order valence-electron chi connectivity index (χ1n) is 7.49. The van der Waals surface area contributed by atoms with Crippen molar-refractivity contribution in [3.8, 4) is 5.75 Å². The summed E-state index contributed by atoms with van der Waals surface area (Å²) in [5.74, 6) is -0.206. The lowest BCUT2D eigenvalue weighted by atomic mass is 10.1. The zero-order valence-corrected chi connectivity index (χ0v) is 12.5. The number of nitrogens with zero attached hydrogens (tertiary/aromatic N) is 1. The van der Waals surface area contributed by atoms with Crippen molar-refractivity contribution in [2.24, 2.45) is 0 Å². The van der Waals surface area contributed by atoms with Gasteiger partial charge in [-0.2, -0.15) is 0 Å². The maximum absolute atomic E-state index is 10.7. The number of likely N-dealkylation sites (tertiary alicyclic amines) is 1. The fraction of sp³-hybridized carbons (Fsp3) is 0.562. The van der Waals surface area contributed by atoms with Crippen LogP contribution in [0.15, 0.2) is 24.3 Å². The zero-order valence-electron chi connectivity index (χ0n) is 12.5. The molecule has 0 aromatic heterocycles. The molecule has 0 unspecified atom stereocenters. The molecule has 1 aliphatic rings. The van der Waals surface area contributed by atoms with Gasteiger partial charge < -0.3 is 14.6 Å². The van der Waals surface area contributed by atoms with E-state index in [-0.39, 0.29) is 5.56 Å². The highest BCUT2D eigenvalue weighted by molar-refractivity contribution is 5.87. The van der Waals surface area contributed by atoms with Gasteiger partial charge in [0, 0.05) is 26.2 Å². The van der Waals surface area contributed by atoms with E-state index >= 15 is 0 Å². The molecule has 116 valence electrons. The number of benzene rings is 1. The lowest BCUT2D eigenvalue weighted by molar-refractivity contribution is 0.0119. The summed E-state index contributed by atoms with van der Waals surface area (Å²) >= 11 is 0. The Balaban J connectivity index is 1.67. The van der Waals surface area contributed by atoms with Gasteiger partial charge in [-0.25, -0.2) is 4.79 Å². The second-order valence-corrected chi connectivity index (χ2v) is 5.17. The number of rotatable bonds is 7. The Hall–Kier alpha value is -1.59. The molecule has 1 heterocycles. The molecule has 1 saturated heterocycles. The van der Waals surface area contributed by atoms with Crippen LogP contribution < -0.4 is 4.74 Å². The second kappa shape index (κ2) is 8.00. The van der Waals surface area contributed by atoms with Crippen molar-refractivity contribution < 1.29 is 19.4 Å².